The minimum Gasteiger partial charge on any atom is -0.324 e. The Morgan fingerprint density at radius 2 is 1.79 bits per heavy atom. The van der Waals surface area contributed by atoms with E-state index in [-0.39, 0.29) is 12.8 Å². The van der Waals surface area contributed by atoms with Gasteiger partial charge >= 0.3 is 15.6 Å². The van der Waals surface area contributed by atoms with Crippen molar-refractivity contribution in [2.24, 2.45) is 11.5 Å². The first-order valence-electron chi connectivity index (χ1n) is 5.02. The van der Waals surface area contributed by atoms with Gasteiger partial charge in [-0.25, -0.2) is 9.13 Å². The molecule has 0 aliphatic heterocycles. The van der Waals surface area contributed by atoms with Crippen molar-refractivity contribution in [3.05, 3.63) is 25.3 Å². The Kier molecular flexibility index (Phi) is 6.77. The van der Waals surface area contributed by atoms with Gasteiger partial charge in [0, 0.05) is 6.42 Å². The number of phosphoric ester groups is 1. The fourth-order valence-electron chi connectivity index (χ4n) is 1.23. The van der Waals surface area contributed by atoms with Crippen molar-refractivity contribution in [2.45, 2.75) is 24.6 Å². The van der Waals surface area contributed by atoms with Crippen LogP contribution in [0.25, 0.3) is 0 Å². The number of nitrogens with two attached hydrogens (primary N) is 2. The molecule has 0 saturated heterocycles. The second-order valence-corrected chi connectivity index (χ2v) is 6.46. The van der Waals surface area contributed by atoms with E-state index >= 15 is 0 Å². The Morgan fingerprint density at radius 1 is 1.26 bits per heavy atom. The summed E-state index contributed by atoms with van der Waals surface area (Å²) in [6.45, 7) is 6.81. The highest BCUT2D eigenvalue weighted by Gasteiger charge is 2.43. The quantitative estimate of drug-likeness (QED) is 0.229. The van der Waals surface area contributed by atoms with Gasteiger partial charge in [-0.2, -0.15) is 4.31 Å². The lowest BCUT2D eigenvalue weighted by Crippen LogP contribution is -2.56. The number of phosphoric acid groups is 2. The van der Waals surface area contributed by atoms with Crippen LogP contribution in [0.5, 0.6) is 0 Å². The minimum absolute atomic E-state index is 0.139. The average Bonchev–Trinajstić information content (AvgIpc) is 2.12. The molecule has 0 aromatic rings. The molecule has 0 saturated carbocycles. The van der Waals surface area contributed by atoms with Crippen molar-refractivity contribution >= 4 is 15.6 Å². The maximum absolute atomic E-state index is 11.5. The third-order valence-electron chi connectivity index (χ3n) is 2.01. The van der Waals surface area contributed by atoms with Crippen LogP contribution in [-0.4, -0.2) is 26.4 Å². The molecular weight excluding hydrogens is 298 g/mol. The molecule has 9 nitrogen and oxygen atoms in total. The van der Waals surface area contributed by atoms with Crippen LogP contribution >= 0.6 is 15.6 Å². The first-order chi connectivity index (χ1) is 8.46. The summed E-state index contributed by atoms with van der Waals surface area (Å²) < 4.78 is 30.2. The summed E-state index contributed by atoms with van der Waals surface area (Å²) in [6.07, 6.45) is 2.68. The molecule has 0 heterocycles. The predicted octanol–water partition coefficient (Wildman–Crippen LogP) is 0.347. The van der Waals surface area contributed by atoms with E-state index in [2.05, 4.69) is 22.0 Å². The Bertz CT molecular complexity index is 423. The van der Waals surface area contributed by atoms with Gasteiger partial charge in [-0.1, -0.05) is 12.2 Å². The first kappa shape index (κ1) is 18.7. The molecule has 7 N–H and O–H groups in total. The molecule has 0 bridgehead atoms. The van der Waals surface area contributed by atoms with Gasteiger partial charge in [-0.3, -0.25) is 4.52 Å². The van der Waals surface area contributed by atoms with Crippen LogP contribution in [0.2, 0.25) is 0 Å². The van der Waals surface area contributed by atoms with E-state index in [9.17, 15) is 14.0 Å². The van der Waals surface area contributed by atoms with E-state index in [4.69, 9.17) is 21.3 Å². The Balaban J connectivity index is 5.11. The van der Waals surface area contributed by atoms with Crippen LogP contribution in [0, 0.1) is 0 Å². The molecule has 0 aromatic heterocycles. The van der Waals surface area contributed by atoms with Crippen molar-refractivity contribution in [1.82, 2.24) is 0 Å². The second kappa shape index (κ2) is 6.90. The standard InChI is InChI=1S/C8H18N2O7P2/c1-3-5-7(9)8(10,6-4-2)16-19(14,15)17-18(11,12)13/h3-4,7H,1-2,5-6,9-10H2,(H,14,15)(H2,11,12,13). The zero-order valence-corrected chi connectivity index (χ0v) is 11.9. The van der Waals surface area contributed by atoms with E-state index < -0.39 is 27.4 Å². The molecule has 19 heavy (non-hydrogen) atoms. The number of hydrogen-bond donors (Lipinski definition) is 5. The first-order valence-corrected chi connectivity index (χ1v) is 8.05. The lowest BCUT2D eigenvalue weighted by Gasteiger charge is -2.34. The van der Waals surface area contributed by atoms with Gasteiger partial charge in [0.25, 0.3) is 0 Å². The largest absolute Gasteiger partial charge is 0.482 e. The van der Waals surface area contributed by atoms with Gasteiger partial charge in [0.1, 0.15) is 5.72 Å². The van der Waals surface area contributed by atoms with Crippen molar-refractivity contribution in [3.63, 3.8) is 0 Å². The van der Waals surface area contributed by atoms with Gasteiger partial charge in [0.15, 0.2) is 0 Å². The normalized spacial score (nSPS) is 20.1. The highest BCUT2D eigenvalue weighted by molar-refractivity contribution is 7.60. The predicted molar refractivity (Wildman–Crippen MR) is 68.6 cm³/mol. The number of rotatable bonds is 9. The summed E-state index contributed by atoms with van der Waals surface area (Å²) in [7, 11) is -10.3. The smallest absolute Gasteiger partial charge is 0.324 e. The summed E-state index contributed by atoms with van der Waals surface area (Å²) in [4.78, 5) is 26.2. The van der Waals surface area contributed by atoms with Gasteiger partial charge in [0.05, 0.1) is 6.04 Å². The Morgan fingerprint density at radius 3 is 2.16 bits per heavy atom. The molecular formula is C8H18N2O7P2. The van der Waals surface area contributed by atoms with Crippen LogP contribution < -0.4 is 11.5 Å². The second-order valence-electron chi connectivity index (χ2n) is 3.71. The zero-order chi connectivity index (χ0) is 15.3. The molecule has 11 heteroatoms. The molecule has 0 rings (SSSR count). The molecule has 0 aromatic carbocycles. The van der Waals surface area contributed by atoms with Crippen LogP contribution in [0.3, 0.4) is 0 Å². The average molecular weight is 316 g/mol. The summed E-state index contributed by atoms with van der Waals surface area (Å²) in [6, 6.07) is -0.955. The fourth-order valence-corrected chi connectivity index (χ4v) is 3.07. The number of hydrogen-bond acceptors (Lipinski definition) is 6. The van der Waals surface area contributed by atoms with Crippen LogP contribution in [0.1, 0.15) is 12.8 Å². The van der Waals surface area contributed by atoms with Crippen LogP contribution in [-0.2, 0) is 18.0 Å². The molecule has 0 spiro atoms. The molecule has 0 amide bonds. The summed E-state index contributed by atoms with van der Waals surface area (Å²) in [5, 5.41) is 0. The van der Waals surface area contributed by atoms with Crippen LogP contribution in [0.4, 0.5) is 0 Å². The van der Waals surface area contributed by atoms with Gasteiger partial charge < -0.3 is 26.1 Å². The highest BCUT2D eigenvalue weighted by atomic mass is 31.3. The SMILES string of the molecule is C=CCC(N)C(N)(CC=C)OP(=O)(O)OP(=O)(O)O. The lowest BCUT2D eigenvalue weighted by molar-refractivity contribution is 0.0196. The molecule has 0 fully saturated rings. The van der Waals surface area contributed by atoms with Crippen molar-refractivity contribution in [3.8, 4) is 0 Å². The van der Waals surface area contributed by atoms with E-state index in [1.165, 1.54) is 12.2 Å². The Labute approximate surface area is 110 Å². The minimum atomic E-state index is -5.22. The molecule has 0 aliphatic rings. The van der Waals surface area contributed by atoms with E-state index in [1.54, 1.807) is 0 Å². The van der Waals surface area contributed by atoms with E-state index in [1.807, 2.05) is 0 Å². The summed E-state index contributed by atoms with van der Waals surface area (Å²) >= 11 is 0. The highest BCUT2D eigenvalue weighted by Crippen LogP contribution is 2.59. The van der Waals surface area contributed by atoms with E-state index in [0.29, 0.717) is 0 Å². The topological polar surface area (TPSA) is 165 Å². The molecule has 3 unspecified atom stereocenters. The van der Waals surface area contributed by atoms with Crippen molar-refractivity contribution in [2.75, 3.05) is 0 Å². The zero-order valence-electron chi connectivity index (χ0n) is 10.1. The molecule has 0 radical (unpaired) electrons. The van der Waals surface area contributed by atoms with Crippen LogP contribution in [0.15, 0.2) is 25.3 Å². The lowest BCUT2D eigenvalue weighted by atomic mass is 9.99. The third kappa shape index (κ3) is 7.12. The van der Waals surface area contributed by atoms with Crippen molar-refractivity contribution < 1.29 is 32.6 Å². The van der Waals surface area contributed by atoms with Crippen molar-refractivity contribution in [1.29, 1.82) is 0 Å². The molecule has 3 atom stereocenters. The van der Waals surface area contributed by atoms with E-state index in [0.717, 1.165) is 0 Å². The van der Waals surface area contributed by atoms with Gasteiger partial charge in [0.2, 0.25) is 0 Å². The molecule has 112 valence electrons. The maximum atomic E-state index is 11.5. The summed E-state index contributed by atoms with van der Waals surface area (Å²) in [5.74, 6) is 0. The van der Waals surface area contributed by atoms with Gasteiger partial charge in [-0.05, 0) is 6.42 Å². The molecule has 0 aliphatic carbocycles. The fraction of sp³-hybridized carbons (Fsp3) is 0.500. The maximum Gasteiger partial charge on any atom is 0.482 e. The Hall–Kier alpha value is -0.340. The van der Waals surface area contributed by atoms with Gasteiger partial charge in [-0.15, -0.1) is 13.2 Å². The monoisotopic (exact) mass is 316 g/mol. The third-order valence-corrected chi connectivity index (χ3v) is 4.25. The summed E-state index contributed by atoms with van der Waals surface area (Å²) in [5.41, 5.74) is 9.50.